The summed E-state index contributed by atoms with van der Waals surface area (Å²) in [4.78, 5) is 39.1. The van der Waals surface area contributed by atoms with Crippen molar-refractivity contribution in [1.29, 1.82) is 0 Å². The number of aliphatic carboxylic acids is 1. The minimum atomic E-state index is -0.809. The molecule has 6 nitrogen and oxygen atoms in total. The van der Waals surface area contributed by atoms with Crippen molar-refractivity contribution in [2.24, 2.45) is 5.92 Å². The maximum absolute atomic E-state index is 12.7. The highest BCUT2D eigenvalue weighted by molar-refractivity contribution is 6.37. The zero-order valence-corrected chi connectivity index (χ0v) is 14.3. The van der Waals surface area contributed by atoms with E-state index in [-0.39, 0.29) is 29.2 Å². The zero-order chi connectivity index (χ0) is 17.4. The van der Waals surface area contributed by atoms with Crippen LogP contribution in [0.1, 0.15) is 19.3 Å². The van der Waals surface area contributed by atoms with Crippen LogP contribution < -0.4 is 4.90 Å². The van der Waals surface area contributed by atoms with Gasteiger partial charge in [-0.05, 0) is 44.1 Å². The molecule has 2 aliphatic rings. The molecule has 1 N–H and O–H groups in total. The van der Waals surface area contributed by atoms with E-state index in [0.29, 0.717) is 36.6 Å². The van der Waals surface area contributed by atoms with Crippen molar-refractivity contribution in [3.05, 3.63) is 28.2 Å². The number of carbonyl (C=O) groups is 3. The van der Waals surface area contributed by atoms with Gasteiger partial charge in [0.25, 0.3) is 5.91 Å². The molecule has 2 aliphatic heterocycles. The van der Waals surface area contributed by atoms with Crippen molar-refractivity contribution in [3.63, 3.8) is 0 Å². The van der Waals surface area contributed by atoms with Gasteiger partial charge in [0.2, 0.25) is 5.91 Å². The van der Waals surface area contributed by atoms with E-state index in [1.807, 2.05) is 4.90 Å². The van der Waals surface area contributed by atoms with Crippen LogP contribution in [0.4, 0.5) is 5.69 Å². The molecule has 1 aromatic rings. The fourth-order valence-corrected chi connectivity index (χ4v) is 3.64. The number of imide groups is 1. The Labute approximate surface area is 148 Å². The standard InChI is InChI=1S/C16H16Cl2N2O4/c17-10-1-2-11(18)12(7-10)20-14(21)8-13(15(20)22)19-5-3-9(4-6-19)16(23)24/h1-2,7,9,13H,3-6,8H2,(H,23,24)/t13-/m0/s1. The SMILES string of the molecule is O=C(O)C1CCN([C@H]2CC(=O)N(c3cc(Cl)ccc3Cl)C2=O)CC1. The highest BCUT2D eigenvalue weighted by Gasteiger charge is 2.44. The molecule has 0 saturated carbocycles. The largest absolute Gasteiger partial charge is 0.481 e. The van der Waals surface area contributed by atoms with E-state index in [0.717, 1.165) is 4.90 Å². The van der Waals surface area contributed by atoms with E-state index in [9.17, 15) is 14.4 Å². The lowest BCUT2D eigenvalue weighted by molar-refractivity contribution is -0.143. The number of benzene rings is 1. The number of likely N-dealkylation sites (tertiary alicyclic amines) is 1. The molecule has 2 heterocycles. The van der Waals surface area contributed by atoms with Crippen LogP contribution in [0, 0.1) is 5.92 Å². The lowest BCUT2D eigenvalue weighted by Crippen LogP contribution is -2.46. The average molecular weight is 371 g/mol. The van der Waals surface area contributed by atoms with Crippen LogP contribution in [0.5, 0.6) is 0 Å². The lowest BCUT2D eigenvalue weighted by Gasteiger charge is -2.33. The van der Waals surface area contributed by atoms with E-state index < -0.39 is 12.0 Å². The number of halogens is 2. The fraction of sp³-hybridized carbons (Fsp3) is 0.438. The third-order valence-corrected chi connectivity index (χ3v) is 5.15. The predicted molar refractivity (Wildman–Crippen MR) is 89.3 cm³/mol. The first-order valence-electron chi connectivity index (χ1n) is 7.67. The molecule has 0 aliphatic carbocycles. The first kappa shape index (κ1) is 17.2. The number of nitrogens with zero attached hydrogens (tertiary/aromatic N) is 2. The van der Waals surface area contributed by atoms with Gasteiger partial charge in [0, 0.05) is 5.02 Å². The van der Waals surface area contributed by atoms with Crippen molar-refractivity contribution in [2.45, 2.75) is 25.3 Å². The Bertz CT molecular complexity index is 701. The molecule has 1 aromatic carbocycles. The van der Waals surface area contributed by atoms with Gasteiger partial charge >= 0.3 is 5.97 Å². The molecule has 0 radical (unpaired) electrons. The maximum Gasteiger partial charge on any atom is 0.306 e. The monoisotopic (exact) mass is 370 g/mol. The molecule has 0 aromatic heterocycles. The highest BCUT2D eigenvalue weighted by atomic mass is 35.5. The normalized spacial score (nSPS) is 23.1. The van der Waals surface area contributed by atoms with E-state index in [1.54, 1.807) is 12.1 Å². The summed E-state index contributed by atoms with van der Waals surface area (Å²) in [7, 11) is 0. The zero-order valence-electron chi connectivity index (χ0n) is 12.7. The molecule has 8 heteroatoms. The van der Waals surface area contributed by atoms with Gasteiger partial charge in [0.05, 0.1) is 29.1 Å². The minimum absolute atomic E-state index is 0.0689. The Kier molecular flexibility index (Phi) is 4.80. The van der Waals surface area contributed by atoms with E-state index in [4.69, 9.17) is 28.3 Å². The summed E-state index contributed by atoms with van der Waals surface area (Å²) in [6, 6.07) is 4.07. The molecule has 3 rings (SSSR count). The van der Waals surface area contributed by atoms with Gasteiger partial charge < -0.3 is 5.11 Å². The smallest absolute Gasteiger partial charge is 0.306 e. The fourth-order valence-electron chi connectivity index (χ4n) is 3.27. The van der Waals surface area contributed by atoms with Crippen LogP contribution in [-0.4, -0.2) is 46.9 Å². The van der Waals surface area contributed by atoms with E-state index >= 15 is 0 Å². The van der Waals surface area contributed by atoms with Crippen molar-refractivity contribution >= 4 is 46.7 Å². The Morgan fingerprint density at radius 2 is 1.83 bits per heavy atom. The third-order valence-electron chi connectivity index (χ3n) is 4.59. The van der Waals surface area contributed by atoms with Gasteiger partial charge in [0.15, 0.2) is 0 Å². The van der Waals surface area contributed by atoms with Gasteiger partial charge in [-0.25, -0.2) is 4.90 Å². The van der Waals surface area contributed by atoms with Crippen molar-refractivity contribution in [2.75, 3.05) is 18.0 Å². The molecule has 2 saturated heterocycles. The molecule has 0 bridgehead atoms. The Hall–Kier alpha value is -1.63. The molecular weight excluding hydrogens is 355 g/mol. The molecule has 24 heavy (non-hydrogen) atoms. The summed E-state index contributed by atoms with van der Waals surface area (Å²) >= 11 is 12.1. The van der Waals surface area contributed by atoms with Crippen LogP contribution in [0.15, 0.2) is 18.2 Å². The lowest BCUT2D eigenvalue weighted by atomic mass is 9.96. The second-order valence-electron chi connectivity index (χ2n) is 6.03. The van der Waals surface area contributed by atoms with Crippen LogP contribution >= 0.6 is 23.2 Å². The maximum atomic E-state index is 12.7. The first-order chi connectivity index (χ1) is 11.4. The summed E-state index contributed by atoms with van der Waals surface area (Å²) < 4.78 is 0. The third kappa shape index (κ3) is 3.14. The second kappa shape index (κ2) is 6.70. The van der Waals surface area contributed by atoms with Gasteiger partial charge in [-0.2, -0.15) is 0 Å². The number of hydrogen-bond donors (Lipinski definition) is 1. The second-order valence-corrected chi connectivity index (χ2v) is 6.88. The van der Waals surface area contributed by atoms with Crippen molar-refractivity contribution < 1.29 is 19.5 Å². The summed E-state index contributed by atoms with van der Waals surface area (Å²) in [5, 5.41) is 9.73. The van der Waals surface area contributed by atoms with Crippen molar-refractivity contribution in [1.82, 2.24) is 4.90 Å². The van der Waals surface area contributed by atoms with Crippen LogP contribution in [0.2, 0.25) is 10.0 Å². The number of rotatable bonds is 3. The van der Waals surface area contributed by atoms with Gasteiger partial charge in [-0.15, -0.1) is 0 Å². The molecule has 0 spiro atoms. The summed E-state index contributed by atoms with van der Waals surface area (Å²) in [5.41, 5.74) is 0.294. The number of carboxylic acid groups (broad SMARTS) is 1. The highest BCUT2D eigenvalue weighted by Crippen LogP contribution is 2.34. The number of carbonyl (C=O) groups excluding carboxylic acids is 2. The average Bonchev–Trinajstić information content (AvgIpc) is 2.84. The van der Waals surface area contributed by atoms with Crippen LogP contribution in [0.25, 0.3) is 0 Å². The number of hydrogen-bond acceptors (Lipinski definition) is 4. The summed E-state index contributed by atoms with van der Waals surface area (Å²) in [6.45, 7) is 0.968. The van der Waals surface area contributed by atoms with Gasteiger partial charge in [-0.3, -0.25) is 19.3 Å². The predicted octanol–water partition coefficient (Wildman–Crippen LogP) is 2.42. The van der Waals surface area contributed by atoms with E-state index in [1.165, 1.54) is 6.07 Å². The summed E-state index contributed by atoms with van der Waals surface area (Å²) in [5.74, 6) is -1.85. The van der Waals surface area contributed by atoms with Crippen molar-refractivity contribution in [3.8, 4) is 0 Å². The number of amides is 2. The van der Waals surface area contributed by atoms with Crippen LogP contribution in [0.3, 0.4) is 0 Å². The molecule has 1 atom stereocenters. The van der Waals surface area contributed by atoms with Crippen LogP contribution in [-0.2, 0) is 14.4 Å². The molecular formula is C16H16Cl2N2O4. The Balaban J connectivity index is 1.78. The minimum Gasteiger partial charge on any atom is -0.481 e. The Morgan fingerprint density at radius 1 is 1.17 bits per heavy atom. The number of carboxylic acids is 1. The molecule has 0 unspecified atom stereocenters. The quantitative estimate of drug-likeness (QED) is 0.826. The number of piperidine rings is 1. The van der Waals surface area contributed by atoms with Gasteiger partial charge in [-0.1, -0.05) is 23.2 Å². The molecule has 128 valence electrons. The first-order valence-corrected chi connectivity index (χ1v) is 8.43. The summed E-state index contributed by atoms with van der Waals surface area (Å²) in [6.07, 6.45) is 1.02. The Morgan fingerprint density at radius 3 is 2.46 bits per heavy atom. The van der Waals surface area contributed by atoms with Gasteiger partial charge in [0.1, 0.15) is 0 Å². The molecule has 2 amide bonds. The molecule has 2 fully saturated rings. The van der Waals surface area contributed by atoms with E-state index in [2.05, 4.69) is 0 Å². The topological polar surface area (TPSA) is 77.9 Å². The number of anilines is 1.